The van der Waals surface area contributed by atoms with E-state index in [9.17, 15) is 14.0 Å². The lowest BCUT2D eigenvalue weighted by Gasteiger charge is -2.03. The number of rotatable bonds is 3. The van der Waals surface area contributed by atoms with E-state index in [-0.39, 0.29) is 6.54 Å². The maximum Gasteiger partial charge on any atom is 0.328 e. The standard InChI is InChI=1S/C8H8FN5O2S/c1-10-7-5(12-13-17-7)3-14-2-4(9)6(15)11-8(14)16/h2,10H,3H2,1H3,(H,11,15,16). The molecule has 0 radical (unpaired) electrons. The van der Waals surface area contributed by atoms with Gasteiger partial charge >= 0.3 is 5.69 Å². The lowest BCUT2D eigenvalue weighted by atomic mass is 10.4. The molecule has 0 saturated heterocycles. The number of aromatic nitrogens is 4. The highest BCUT2D eigenvalue weighted by atomic mass is 32.1. The zero-order valence-corrected chi connectivity index (χ0v) is 9.55. The van der Waals surface area contributed by atoms with E-state index in [1.165, 1.54) is 0 Å². The SMILES string of the molecule is CNc1snnc1Cn1cc(F)c(=O)[nH]c1=O. The van der Waals surface area contributed by atoms with Crippen LogP contribution in [0.1, 0.15) is 5.69 Å². The molecule has 0 aliphatic carbocycles. The summed E-state index contributed by atoms with van der Waals surface area (Å²) in [5, 5.41) is 7.34. The van der Waals surface area contributed by atoms with Gasteiger partial charge in [-0.1, -0.05) is 4.49 Å². The van der Waals surface area contributed by atoms with Crippen molar-refractivity contribution >= 4 is 16.5 Å². The Labute approximate surface area is 98.1 Å². The number of hydrogen-bond donors (Lipinski definition) is 2. The third kappa shape index (κ3) is 2.23. The topological polar surface area (TPSA) is 92.7 Å². The number of H-pyrrole nitrogens is 1. The molecule has 0 aliphatic heterocycles. The Bertz CT molecular complexity index is 646. The molecule has 2 N–H and O–H groups in total. The molecule has 0 atom stereocenters. The van der Waals surface area contributed by atoms with Crippen molar-refractivity contribution in [2.45, 2.75) is 6.54 Å². The molecule has 0 bridgehead atoms. The van der Waals surface area contributed by atoms with Gasteiger partial charge in [-0.15, -0.1) is 5.10 Å². The Kier molecular flexibility index (Phi) is 3.00. The molecule has 17 heavy (non-hydrogen) atoms. The third-order valence-corrected chi connectivity index (χ3v) is 2.86. The van der Waals surface area contributed by atoms with Crippen LogP contribution in [0.5, 0.6) is 0 Å². The Balaban J connectivity index is 2.40. The average molecular weight is 257 g/mol. The second kappa shape index (κ2) is 4.45. The predicted octanol–water partition coefficient (Wildman–Crippen LogP) is -0.383. The number of nitrogens with zero attached hydrogens (tertiary/aromatic N) is 3. The smallest absolute Gasteiger partial charge is 0.328 e. The van der Waals surface area contributed by atoms with E-state index in [4.69, 9.17) is 0 Å². The average Bonchev–Trinajstić information content (AvgIpc) is 2.73. The quantitative estimate of drug-likeness (QED) is 0.781. The van der Waals surface area contributed by atoms with Gasteiger partial charge in [0.2, 0.25) is 5.82 Å². The van der Waals surface area contributed by atoms with Crippen molar-refractivity contribution in [1.82, 2.24) is 19.1 Å². The highest BCUT2D eigenvalue weighted by Gasteiger charge is 2.10. The Hall–Kier alpha value is -2.03. The van der Waals surface area contributed by atoms with E-state index in [0.29, 0.717) is 10.7 Å². The van der Waals surface area contributed by atoms with Crippen molar-refractivity contribution in [3.63, 3.8) is 0 Å². The number of hydrogen-bond acceptors (Lipinski definition) is 6. The minimum atomic E-state index is -1.03. The molecular formula is C8H8FN5O2S. The minimum absolute atomic E-state index is 0.0409. The Morgan fingerprint density at radius 2 is 2.35 bits per heavy atom. The minimum Gasteiger partial charge on any atom is -0.377 e. The van der Waals surface area contributed by atoms with Gasteiger partial charge in [-0.25, -0.2) is 4.79 Å². The van der Waals surface area contributed by atoms with Crippen LogP contribution in [0.25, 0.3) is 0 Å². The van der Waals surface area contributed by atoms with Gasteiger partial charge in [0.1, 0.15) is 10.7 Å². The molecule has 0 amide bonds. The van der Waals surface area contributed by atoms with Crippen LogP contribution in [-0.2, 0) is 6.54 Å². The monoisotopic (exact) mass is 257 g/mol. The molecular weight excluding hydrogens is 249 g/mol. The summed E-state index contributed by atoms with van der Waals surface area (Å²) in [6.07, 6.45) is 0.847. The van der Waals surface area contributed by atoms with Crippen LogP contribution >= 0.6 is 11.5 Å². The van der Waals surface area contributed by atoms with E-state index in [0.717, 1.165) is 22.3 Å². The summed E-state index contributed by atoms with van der Waals surface area (Å²) in [4.78, 5) is 24.1. The van der Waals surface area contributed by atoms with Crippen LogP contribution in [0.4, 0.5) is 9.39 Å². The molecule has 2 aromatic rings. The molecule has 0 aliphatic rings. The summed E-state index contributed by atoms with van der Waals surface area (Å²) in [6, 6.07) is 0. The van der Waals surface area contributed by atoms with Crippen LogP contribution in [0, 0.1) is 5.82 Å². The summed E-state index contributed by atoms with van der Waals surface area (Å²) >= 11 is 1.13. The van der Waals surface area contributed by atoms with Gasteiger partial charge in [0.25, 0.3) is 5.56 Å². The number of aromatic amines is 1. The summed E-state index contributed by atoms with van der Waals surface area (Å²) in [5.41, 5.74) is -1.21. The summed E-state index contributed by atoms with van der Waals surface area (Å²) in [6.45, 7) is 0.0409. The number of nitrogens with one attached hydrogen (secondary N) is 2. The van der Waals surface area contributed by atoms with Crippen LogP contribution in [0.2, 0.25) is 0 Å². The second-order valence-corrected chi connectivity index (χ2v) is 3.92. The molecule has 0 spiro atoms. The van der Waals surface area contributed by atoms with Gasteiger partial charge in [0, 0.05) is 18.6 Å². The van der Waals surface area contributed by atoms with Gasteiger partial charge in [-0.05, 0) is 0 Å². The van der Waals surface area contributed by atoms with Crippen LogP contribution in [0.3, 0.4) is 0 Å². The molecule has 0 fully saturated rings. The Morgan fingerprint density at radius 1 is 1.59 bits per heavy atom. The fourth-order valence-electron chi connectivity index (χ4n) is 1.26. The van der Waals surface area contributed by atoms with Gasteiger partial charge < -0.3 is 5.32 Å². The van der Waals surface area contributed by atoms with Crippen LogP contribution < -0.4 is 16.6 Å². The zero-order chi connectivity index (χ0) is 12.4. The van der Waals surface area contributed by atoms with Crippen LogP contribution in [-0.4, -0.2) is 26.2 Å². The molecule has 0 saturated carbocycles. The molecule has 90 valence electrons. The number of halogens is 1. The first-order valence-electron chi connectivity index (χ1n) is 4.60. The summed E-state index contributed by atoms with van der Waals surface area (Å²) in [7, 11) is 1.69. The van der Waals surface area contributed by atoms with Crippen LogP contribution in [0.15, 0.2) is 15.8 Å². The highest BCUT2D eigenvalue weighted by Crippen LogP contribution is 2.16. The van der Waals surface area contributed by atoms with Crippen molar-refractivity contribution in [1.29, 1.82) is 0 Å². The fraction of sp³-hybridized carbons (Fsp3) is 0.250. The molecule has 2 heterocycles. The first-order valence-corrected chi connectivity index (χ1v) is 5.37. The molecule has 0 aromatic carbocycles. The van der Waals surface area contributed by atoms with Crippen molar-refractivity contribution in [3.05, 3.63) is 38.5 Å². The molecule has 9 heteroatoms. The largest absolute Gasteiger partial charge is 0.377 e. The second-order valence-electron chi connectivity index (χ2n) is 3.16. The first kappa shape index (κ1) is 11.5. The van der Waals surface area contributed by atoms with Crippen molar-refractivity contribution in [2.24, 2.45) is 0 Å². The van der Waals surface area contributed by atoms with Gasteiger partial charge in [0.15, 0.2) is 0 Å². The number of anilines is 1. The van der Waals surface area contributed by atoms with Crippen molar-refractivity contribution in [3.8, 4) is 0 Å². The summed E-state index contributed by atoms with van der Waals surface area (Å²) in [5.74, 6) is -1.02. The van der Waals surface area contributed by atoms with E-state index < -0.39 is 17.1 Å². The predicted molar refractivity (Wildman–Crippen MR) is 59.8 cm³/mol. The van der Waals surface area contributed by atoms with Gasteiger partial charge in [0.05, 0.1) is 12.7 Å². The molecule has 2 rings (SSSR count). The lowest BCUT2D eigenvalue weighted by molar-refractivity contribution is 0.564. The normalized spacial score (nSPS) is 10.5. The maximum atomic E-state index is 13.0. The summed E-state index contributed by atoms with van der Waals surface area (Å²) < 4.78 is 17.7. The first-order chi connectivity index (χ1) is 8.11. The van der Waals surface area contributed by atoms with Gasteiger partial charge in [-0.3, -0.25) is 14.3 Å². The van der Waals surface area contributed by atoms with Gasteiger partial charge in [-0.2, -0.15) is 4.39 Å². The Morgan fingerprint density at radius 3 is 3.06 bits per heavy atom. The van der Waals surface area contributed by atoms with Crippen molar-refractivity contribution in [2.75, 3.05) is 12.4 Å². The third-order valence-electron chi connectivity index (χ3n) is 2.07. The maximum absolute atomic E-state index is 13.0. The fourth-order valence-corrected chi connectivity index (χ4v) is 1.79. The van der Waals surface area contributed by atoms with Crippen molar-refractivity contribution < 1.29 is 4.39 Å². The van der Waals surface area contributed by atoms with E-state index >= 15 is 0 Å². The molecule has 7 nitrogen and oxygen atoms in total. The lowest BCUT2D eigenvalue weighted by Crippen LogP contribution is -2.31. The molecule has 2 aromatic heterocycles. The highest BCUT2D eigenvalue weighted by molar-refractivity contribution is 7.10. The van der Waals surface area contributed by atoms with E-state index in [2.05, 4.69) is 14.9 Å². The molecule has 0 unspecified atom stereocenters. The van der Waals surface area contributed by atoms with E-state index in [1.807, 2.05) is 4.98 Å². The zero-order valence-electron chi connectivity index (χ0n) is 8.73. The van der Waals surface area contributed by atoms with E-state index in [1.54, 1.807) is 7.05 Å².